The summed E-state index contributed by atoms with van der Waals surface area (Å²) in [7, 11) is 0. The highest BCUT2D eigenvalue weighted by Gasteiger charge is 2.19. The third kappa shape index (κ3) is 4.62. The predicted molar refractivity (Wildman–Crippen MR) is 117 cm³/mol. The van der Waals surface area contributed by atoms with Gasteiger partial charge in [0.25, 0.3) is 5.69 Å². The third-order valence-corrected chi connectivity index (χ3v) is 4.79. The fraction of sp³-hybridized carbons (Fsp3) is 0.0417. The number of nitrogens with zero attached hydrogens (tertiary/aromatic N) is 4. The third-order valence-electron chi connectivity index (χ3n) is 4.79. The first-order valence-corrected chi connectivity index (χ1v) is 9.60. The fourth-order valence-corrected chi connectivity index (χ4v) is 3.25. The molecule has 4 aromatic rings. The summed E-state index contributed by atoms with van der Waals surface area (Å²) in [4.78, 5) is 22.9. The SMILES string of the molecule is O=C(C=Cc1ccc([N+](=O)[O-])cc1)c1cn(C(c2ccccc2)c2ccccc2)nn1. The number of hydrogen-bond donors (Lipinski definition) is 0. The van der Waals surface area contributed by atoms with Crippen LogP contribution in [0.4, 0.5) is 5.69 Å². The lowest BCUT2D eigenvalue weighted by Gasteiger charge is -2.17. The Labute approximate surface area is 178 Å². The molecule has 0 N–H and O–H groups in total. The largest absolute Gasteiger partial charge is 0.287 e. The van der Waals surface area contributed by atoms with Crippen molar-refractivity contribution in [3.05, 3.63) is 130 Å². The summed E-state index contributed by atoms with van der Waals surface area (Å²) in [5, 5.41) is 19.0. The lowest BCUT2D eigenvalue weighted by atomic mass is 9.99. The average molecular weight is 410 g/mol. The summed E-state index contributed by atoms with van der Waals surface area (Å²) in [5.41, 5.74) is 2.95. The molecule has 0 saturated heterocycles. The maximum Gasteiger partial charge on any atom is 0.269 e. The molecule has 0 spiro atoms. The molecule has 0 atom stereocenters. The van der Waals surface area contributed by atoms with Crippen molar-refractivity contribution in [2.75, 3.05) is 0 Å². The minimum absolute atomic E-state index is 0.000662. The van der Waals surface area contributed by atoms with Crippen LogP contribution in [0.5, 0.6) is 0 Å². The van der Waals surface area contributed by atoms with E-state index in [0.29, 0.717) is 5.56 Å². The summed E-state index contributed by atoms with van der Waals surface area (Å²) >= 11 is 0. The Morgan fingerprint density at radius 3 is 2.03 bits per heavy atom. The summed E-state index contributed by atoms with van der Waals surface area (Å²) in [6, 6.07) is 25.5. The number of carbonyl (C=O) groups is 1. The second kappa shape index (κ2) is 8.96. The highest BCUT2D eigenvalue weighted by Crippen LogP contribution is 2.25. The zero-order chi connectivity index (χ0) is 21.6. The normalized spacial score (nSPS) is 11.1. The molecule has 7 nitrogen and oxygen atoms in total. The number of rotatable bonds is 7. The van der Waals surface area contributed by atoms with Crippen molar-refractivity contribution in [3.8, 4) is 0 Å². The molecule has 7 heteroatoms. The molecule has 1 heterocycles. The molecule has 3 aromatic carbocycles. The summed E-state index contributed by atoms with van der Waals surface area (Å²) in [6.45, 7) is 0. The number of nitro groups is 1. The number of allylic oxidation sites excluding steroid dienone is 1. The van der Waals surface area contributed by atoms with Gasteiger partial charge in [0.15, 0.2) is 5.69 Å². The first-order chi connectivity index (χ1) is 15.1. The van der Waals surface area contributed by atoms with Gasteiger partial charge < -0.3 is 0 Å². The van der Waals surface area contributed by atoms with Crippen molar-refractivity contribution < 1.29 is 9.72 Å². The van der Waals surface area contributed by atoms with Crippen molar-refractivity contribution in [2.45, 2.75) is 6.04 Å². The molecule has 1 aromatic heterocycles. The number of aromatic nitrogens is 3. The Morgan fingerprint density at radius 2 is 1.48 bits per heavy atom. The van der Waals surface area contributed by atoms with Gasteiger partial charge in [0.05, 0.1) is 11.1 Å². The first-order valence-electron chi connectivity index (χ1n) is 9.60. The lowest BCUT2D eigenvalue weighted by molar-refractivity contribution is -0.384. The van der Waals surface area contributed by atoms with Crippen LogP contribution in [0.1, 0.15) is 33.2 Å². The number of non-ortho nitro benzene ring substituents is 1. The van der Waals surface area contributed by atoms with Crippen LogP contribution in [0.25, 0.3) is 6.08 Å². The van der Waals surface area contributed by atoms with Gasteiger partial charge in [0, 0.05) is 12.1 Å². The lowest BCUT2D eigenvalue weighted by Crippen LogP contribution is -2.13. The van der Waals surface area contributed by atoms with Gasteiger partial charge in [-0.2, -0.15) is 0 Å². The minimum atomic E-state index is -0.465. The van der Waals surface area contributed by atoms with Crippen molar-refractivity contribution in [1.29, 1.82) is 0 Å². The monoisotopic (exact) mass is 410 g/mol. The van der Waals surface area contributed by atoms with Gasteiger partial charge >= 0.3 is 0 Å². The molecule has 0 aliphatic heterocycles. The van der Waals surface area contributed by atoms with E-state index in [4.69, 9.17) is 0 Å². The molecule has 0 radical (unpaired) electrons. The van der Waals surface area contributed by atoms with E-state index in [-0.39, 0.29) is 23.2 Å². The number of benzene rings is 3. The maximum absolute atomic E-state index is 12.6. The molecule has 152 valence electrons. The van der Waals surface area contributed by atoms with Gasteiger partial charge in [-0.3, -0.25) is 14.9 Å². The van der Waals surface area contributed by atoms with E-state index < -0.39 is 4.92 Å². The van der Waals surface area contributed by atoms with Crippen LogP contribution in [0.15, 0.2) is 97.2 Å². The number of hydrogen-bond acceptors (Lipinski definition) is 5. The Balaban J connectivity index is 1.58. The predicted octanol–water partition coefficient (Wildman–Crippen LogP) is 4.72. The first kappa shape index (κ1) is 19.9. The van der Waals surface area contributed by atoms with Crippen molar-refractivity contribution >= 4 is 17.5 Å². The van der Waals surface area contributed by atoms with Gasteiger partial charge in [-0.25, -0.2) is 4.68 Å². The molecular formula is C24H18N4O3. The molecular weight excluding hydrogens is 392 g/mol. The molecule has 0 saturated carbocycles. The standard InChI is InChI=1S/C24H18N4O3/c29-23(16-13-18-11-14-21(15-12-18)28(30)31)22-17-27(26-25-22)24(19-7-3-1-4-8-19)20-9-5-2-6-10-20/h1-17,24H. The molecule has 0 amide bonds. The quantitative estimate of drug-likeness (QED) is 0.190. The van der Waals surface area contributed by atoms with Crippen LogP contribution >= 0.6 is 0 Å². The number of carbonyl (C=O) groups excluding carboxylic acids is 1. The molecule has 0 unspecified atom stereocenters. The molecule has 0 bridgehead atoms. The van der Waals surface area contributed by atoms with Crippen molar-refractivity contribution in [3.63, 3.8) is 0 Å². The van der Waals surface area contributed by atoms with Crippen molar-refractivity contribution in [1.82, 2.24) is 15.0 Å². The van der Waals surface area contributed by atoms with Gasteiger partial charge in [-0.1, -0.05) is 72.0 Å². The van der Waals surface area contributed by atoms with Crippen LogP contribution in [0.2, 0.25) is 0 Å². The van der Waals surface area contributed by atoms with Gasteiger partial charge in [0.1, 0.15) is 6.04 Å². The summed E-state index contributed by atoms with van der Waals surface area (Å²) in [6.07, 6.45) is 4.61. The summed E-state index contributed by atoms with van der Waals surface area (Å²) < 4.78 is 1.68. The fourth-order valence-electron chi connectivity index (χ4n) is 3.25. The zero-order valence-corrected chi connectivity index (χ0v) is 16.4. The van der Waals surface area contributed by atoms with E-state index in [9.17, 15) is 14.9 Å². The van der Waals surface area contributed by atoms with E-state index in [2.05, 4.69) is 10.3 Å². The Bertz CT molecular complexity index is 1180. The molecule has 4 rings (SSSR count). The molecule has 0 aliphatic rings. The number of nitro benzene ring substituents is 1. The second-order valence-corrected chi connectivity index (χ2v) is 6.85. The van der Waals surface area contributed by atoms with E-state index >= 15 is 0 Å². The van der Waals surface area contributed by atoms with Crippen LogP contribution < -0.4 is 0 Å². The second-order valence-electron chi connectivity index (χ2n) is 6.85. The van der Waals surface area contributed by atoms with Crippen LogP contribution in [0, 0.1) is 10.1 Å². The topological polar surface area (TPSA) is 90.9 Å². The molecule has 0 aliphatic carbocycles. The van der Waals surface area contributed by atoms with E-state index in [1.165, 1.54) is 18.2 Å². The van der Waals surface area contributed by atoms with Gasteiger partial charge in [0.2, 0.25) is 5.78 Å². The minimum Gasteiger partial charge on any atom is -0.287 e. The molecule has 31 heavy (non-hydrogen) atoms. The van der Waals surface area contributed by atoms with Crippen molar-refractivity contribution in [2.24, 2.45) is 0 Å². The molecule has 0 fully saturated rings. The Hall–Kier alpha value is -4.39. The van der Waals surface area contributed by atoms with Gasteiger partial charge in [-0.05, 0) is 34.9 Å². The van der Waals surface area contributed by atoms with Crippen LogP contribution in [-0.2, 0) is 0 Å². The van der Waals surface area contributed by atoms with Crippen LogP contribution in [0.3, 0.4) is 0 Å². The van der Waals surface area contributed by atoms with E-state index in [1.807, 2.05) is 60.7 Å². The Kier molecular flexibility index (Phi) is 5.75. The Morgan fingerprint density at radius 1 is 0.903 bits per heavy atom. The highest BCUT2D eigenvalue weighted by molar-refractivity contribution is 6.05. The van der Waals surface area contributed by atoms with E-state index in [0.717, 1.165) is 11.1 Å². The van der Waals surface area contributed by atoms with Crippen LogP contribution in [-0.4, -0.2) is 25.7 Å². The van der Waals surface area contributed by atoms with Gasteiger partial charge in [-0.15, -0.1) is 5.10 Å². The summed E-state index contributed by atoms with van der Waals surface area (Å²) in [5.74, 6) is -0.301. The van der Waals surface area contributed by atoms with E-state index in [1.54, 1.807) is 29.1 Å². The smallest absolute Gasteiger partial charge is 0.269 e. The average Bonchev–Trinajstić information content (AvgIpc) is 3.29. The highest BCUT2D eigenvalue weighted by atomic mass is 16.6. The number of ketones is 1. The maximum atomic E-state index is 12.6. The zero-order valence-electron chi connectivity index (χ0n) is 16.4.